The molecule has 132 valence electrons. The molecule has 4 rings (SSSR count). The number of imidazole rings is 1. The van der Waals surface area contributed by atoms with Crippen molar-refractivity contribution in [3.8, 4) is 5.75 Å². The van der Waals surface area contributed by atoms with E-state index in [1.54, 1.807) is 0 Å². The van der Waals surface area contributed by atoms with Crippen molar-refractivity contribution < 1.29 is 4.74 Å². The monoisotopic (exact) mass is 345 g/mol. The Hall–Kier alpha value is -3.01. The number of ether oxygens (including phenoxy) is 1. The third kappa shape index (κ3) is 3.97. The zero-order valence-corrected chi connectivity index (χ0v) is 14.8. The zero-order valence-electron chi connectivity index (χ0n) is 14.8. The lowest BCUT2D eigenvalue weighted by Crippen LogP contribution is -2.15. The number of nitrogens with one attached hydrogen (secondary N) is 1. The molecule has 1 aliphatic rings. The molecule has 0 unspecified atom stereocenters. The van der Waals surface area contributed by atoms with Gasteiger partial charge in [-0.15, -0.1) is 0 Å². The zero-order chi connectivity index (χ0) is 17.6. The van der Waals surface area contributed by atoms with Crippen LogP contribution in [0.15, 0.2) is 67.1 Å². The lowest BCUT2D eigenvalue weighted by atomic mass is 10.1. The van der Waals surface area contributed by atoms with Gasteiger partial charge in [0.2, 0.25) is 0 Å². The fourth-order valence-corrected chi connectivity index (χ4v) is 3.20. The van der Waals surface area contributed by atoms with Crippen LogP contribution in [0.5, 0.6) is 5.75 Å². The molecule has 0 amide bonds. The molecule has 4 nitrogen and oxygen atoms in total. The predicted octanol–water partition coefficient (Wildman–Crippen LogP) is 4.02. The fraction of sp³-hybridized carbons (Fsp3) is 0.227. The summed E-state index contributed by atoms with van der Waals surface area (Å²) >= 11 is 0. The summed E-state index contributed by atoms with van der Waals surface area (Å²) in [5.74, 6) is 0.930. The Kier molecular flexibility index (Phi) is 5.01. The summed E-state index contributed by atoms with van der Waals surface area (Å²) in [5.41, 5.74) is 4.94. The first-order valence-electron chi connectivity index (χ1n) is 9.08. The first-order chi connectivity index (χ1) is 12.9. The Morgan fingerprint density at radius 3 is 2.65 bits per heavy atom. The van der Waals surface area contributed by atoms with Crippen molar-refractivity contribution in [3.05, 3.63) is 89.6 Å². The Bertz CT molecular complexity index is 866. The second-order valence-corrected chi connectivity index (χ2v) is 6.49. The van der Waals surface area contributed by atoms with Gasteiger partial charge in [-0.2, -0.15) is 0 Å². The number of fused-ring (bicyclic) bond motifs is 1. The van der Waals surface area contributed by atoms with Gasteiger partial charge >= 0.3 is 0 Å². The minimum absolute atomic E-state index is 0.703. The molecule has 0 aliphatic carbocycles. The minimum Gasteiger partial charge on any atom is -0.494 e. The molecule has 2 heterocycles. The predicted molar refractivity (Wildman–Crippen MR) is 104 cm³/mol. The fourth-order valence-electron chi connectivity index (χ4n) is 3.20. The number of hydrogen-bond donors (Lipinski definition) is 1. The molecule has 3 aromatic rings. The minimum atomic E-state index is 0.703. The maximum absolute atomic E-state index is 5.89. The highest BCUT2D eigenvalue weighted by atomic mass is 16.5. The topological polar surface area (TPSA) is 39.1 Å². The van der Waals surface area contributed by atoms with Crippen LogP contribution in [0.2, 0.25) is 0 Å². The van der Waals surface area contributed by atoms with Gasteiger partial charge in [0.25, 0.3) is 0 Å². The molecule has 0 spiro atoms. The summed E-state index contributed by atoms with van der Waals surface area (Å²) in [5, 5.41) is 3.23. The molecule has 1 N–H and O–H groups in total. The molecule has 4 heteroatoms. The number of benzene rings is 2. The molecular weight excluding hydrogens is 322 g/mol. The molecule has 0 fully saturated rings. The molecular formula is C22H23N3O. The van der Waals surface area contributed by atoms with Crippen molar-refractivity contribution in [2.45, 2.75) is 25.9 Å². The van der Waals surface area contributed by atoms with Crippen molar-refractivity contribution in [1.29, 1.82) is 0 Å². The van der Waals surface area contributed by atoms with Crippen LogP contribution in [0, 0.1) is 0 Å². The first kappa shape index (κ1) is 16.5. The van der Waals surface area contributed by atoms with E-state index in [1.807, 2.05) is 24.7 Å². The molecule has 0 bridgehead atoms. The molecule has 2 aromatic carbocycles. The van der Waals surface area contributed by atoms with Crippen LogP contribution in [-0.2, 0) is 19.5 Å². The third-order valence-corrected chi connectivity index (χ3v) is 4.59. The van der Waals surface area contributed by atoms with Gasteiger partial charge in [0.1, 0.15) is 5.75 Å². The highest BCUT2D eigenvalue weighted by Gasteiger charge is 2.10. The average molecular weight is 345 g/mol. The second-order valence-electron chi connectivity index (χ2n) is 6.49. The van der Waals surface area contributed by atoms with Crippen molar-refractivity contribution in [3.63, 3.8) is 0 Å². The molecule has 0 saturated carbocycles. The largest absolute Gasteiger partial charge is 0.494 e. The van der Waals surface area contributed by atoms with E-state index in [-0.39, 0.29) is 0 Å². The van der Waals surface area contributed by atoms with Crippen LogP contribution < -0.4 is 10.1 Å². The first-order valence-corrected chi connectivity index (χ1v) is 9.08. The van der Waals surface area contributed by atoms with E-state index in [1.165, 1.54) is 16.8 Å². The quantitative estimate of drug-likeness (QED) is 0.658. The average Bonchev–Trinajstić information content (AvgIpc) is 3.11. The summed E-state index contributed by atoms with van der Waals surface area (Å²) in [6.45, 7) is 2.47. The maximum atomic E-state index is 5.89. The lowest BCUT2D eigenvalue weighted by molar-refractivity contribution is 0.301. The number of nitrogens with zero attached hydrogens (tertiary/aromatic N) is 2. The lowest BCUT2D eigenvalue weighted by Gasteiger charge is -2.12. The molecule has 1 aromatic heterocycles. The van der Waals surface area contributed by atoms with Crippen molar-refractivity contribution in [2.75, 3.05) is 6.61 Å². The van der Waals surface area contributed by atoms with Crippen LogP contribution in [0.25, 0.3) is 6.08 Å². The van der Waals surface area contributed by atoms with Gasteiger partial charge in [0, 0.05) is 6.54 Å². The Labute approximate surface area is 154 Å². The molecule has 26 heavy (non-hydrogen) atoms. The van der Waals surface area contributed by atoms with Crippen LogP contribution in [0.1, 0.15) is 28.9 Å². The van der Waals surface area contributed by atoms with Gasteiger partial charge in [0.15, 0.2) is 0 Å². The maximum Gasteiger partial charge on any atom is 0.119 e. The van der Waals surface area contributed by atoms with Crippen LogP contribution >= 0.6 is 0 Å². The summed E-state index contributed by atoms with van der Waals surface area (Å²) in [7, 11) is 0. The van der Waals surface area contributed by atoms with E-state index in [0.29, 0.717) is 6.61 Å². The van der Waals surface area contributed by atoms with E-state index in [0.717, 1.165) is 37.4 Å². The number of aryl methyl sites for hydroxylation is 1. The standard InChI is InChI=1S/C22H23N3O/c1-2-5-18(6-3-1)15-19-7-9-20(10-8-19)26-14-4-13-25-17-24-21-11-12-23-16-22(21)25/h1-3,5-12,17,23H,4,13-16H2. The van der Waals surface area contributed by atoms with E-state index in [2.05, 4.69) is 63.4 Å². The summed E-state index contributed by atoms with van der Waals surface area (Å²) in [6.07, 6.45) is 7.79. The molecule has 0 saturated heterocycles. The van der Waals surface area contributed by atoms with E-state index in [9.17, 15) is 0 Å². The van der Waals surface area contributed by atoms with Crippen LogP contribution in [0.4, 0.5) is 0 Å². The van der Waals surface area contributed by atoms with Gasteiger partial charge in [0.05, 0.1) is 30.9 Å². The van der Waals surface area contributed by atoms with Crippen molar-refractivity contribution in [1.82, 2.24) is 14.9 Å². The highest BCUT2D eigenvalue weighted by Crippen LogP contribution is 2.16. The van der Waals surface area contributed by atoms with Gasteiger partial charge < -0.3 is 14.6 Å². The van der Waals surface area contributed by atoms with Crippen LogP contribution in [0.3, 0.4) is 0 Å². The number of rotatable bonds is 7. The molecule has 0 atom stereocenters. The smallest absolute Gasteiger partial charge is 0.119 e. The Morgan fingerprint density at radius 1 is 1.00 bits per heavy atom. The second kappa shape index (κ2) is 7.91. The van der Waals surface area contributed by atoms with Crippen molar-refractivity contribution in [2.24, 2.45) is 0 Å². The van der Waals surface area contributed by atoms with E-state index >= 15 is 0 Å². The molecule has 0 radical (unpaired) electrons. The van der Waals surface area contributed by atoms with Crippen LogP contribution in [-0.4, -0.2) is 16.2 Å². The summed E-state index contributed by atoms with van der Waals surface area (Å²) < 4.78 is 8.10. The molecule has 1 aliphatic heterocycles. The SMILES string of the molecule is C1=Cc2ncn(CCCOc3ccc(Cc4ccccc4)cc3)c2CN1. The third-order valence-electron chi connectivity index (χ3n) is 4.59. The van der Waals surface area contributed by atoms with Gasteiger partial charge in [-0.3, -0.25) is 0 Å². The summed E-state index contributed by atoms with van der Waals surface area (Å²) in [6, 6.07) is 18.9. The van der Waals surface area contributed by atoms with E-state index < -0.39 is 0 Å². The number of hydrogen-bond acceptors (Lipinski definition) is 3. The van der Waals surface area contributed by atoms with Gasteiger partial charge in [-0.05, 0) is 48.4 Å². The van der Waals surface area contributed by atoms with Crippen molar-refractivity contribution >= 4 is 6.08 Å². The highest BCUT2D eigenvalue weighted by molar-refractivity contribution is 5.49. The number of aromatic nitrogens is 2. The summed E-state index contributed by atoms with van der Waals surface area (Å²) in [4.78, 5) is 4.43. The van der Waals surface area contributed by atoms with E-state index in [4.69, 9.17) is 4.74 Å². The Morgan fingerprint density at radius 2 is 1.81 bits per heavy atom. The normalized spacial score (nSPS) is 12.5. The Balaban J connectivity index is 1.25. The van der Waals surface area contributed by atoms with Gasteiger partial charge in [-0.1, -0.05) is 42.5 Å². The van der Waals surface area contributed by atoms with Gasteiger partial charge in [-0.25, -0.2) is 4.98 Å².